The summed E-state index contributed by atoms with van der Waals surface area (Å²) in [6.45, 7) is 0. The van der Waals surface area contributed by atoms with Crippen LogP contribution in [0.15, 0.2) is 18.2 Å². The maximum Gasteiger partial charge on any atom is 0.702 e. The van der Waals surface area contributed by atoms with Crippen LogP contribution in [0, 0.1) is 9.39 Å². The fourth-order valence-corrected chi connectivity index (χ4v) is 2.72. The quantitative estimate of drug-likeness (QED) is 0.410. The van der Waals surface area contributed by atoms with Crippen molar-refractivity contribution >= 4 is 38.9 Å². The molecule has 17 heavy (non-hydrogen) atoms. The summed E-state index contributed by atoms with van der Waals surface area (Å²) in [7, 11) is -6.87. The molecule has 6 nitrogen and oxygen atoms in total. The molecule has 0 aliphatic heterocycles. The Morgan fingerprint density at radius 3 is 2.41 bits per heavy atom. The molecule has 1 rings (SSSR count). The first-order chi connectivity index (χ1) is 7.77. The van der Waals surface area contributed by atoms with E-state index in [4.69, 9.17) is 9.79 Å². The van der Waals surface area contributed by atoms with Crippen LogP contribution >= 0.6 is 38.9 Å². The molecule has 0 aromatic heterocycles. The summed E-state index contributed by atoms with van der Waals surface area (Å²) < 4.78 is 39.4. The normalized spacial score (nSPS) is 16.3. The zero-order valence-electron chi connectivity index (χ0n) is 7.95. The van der Waals surface area contributed by atoms with Crippen molar-refractivity contribution in [1.29, 1.82) is 0 Å². The summed E-state index contributed by atoms with van der Waals surface area (Å²) >= 11 is 1.77. The first-order valence-electron chi connectivity index (χ1n) is 3.97. The molecule has 3 atom stereocenters. The number of halogens is 2. The minimum absolute atomic E-state index is 0.450. The van der Waals surface area contributed by atoms with E-state index in [2.05, 4.69) is 4.52 Å². The van der Waals surface area contributed by atoms with Gasteiger partial charge >= 0.3 is 21.8 Å². The van der Waals surface area contributed by atoms with Gasteiger partial charge in [0, 0.05) is 8.14 Å². The second-order valence-corrected chi connectivity index (χ2v) is 5.89. The molecule has 92 valence electrons. The van der Waals surface area contributed by atoms with Crippen molar-refractivity contribution in [3.05, 3.63) is 33.1 Å². The first-order valence-corrected chi connectivity index (χ1v) is 7.39. The third-order valence-corrected chi connectivity index (χ3v) is 3.83. The van der Waals surface area contributed by atoms with Crippen LogP contribution in [0.5, 0.6) is 0 Å². The maximum absolute atomic E-state index is 13.4. The van der Waals surface area contributed by atoms with E-state index in [1.165, 1.54) is 6.07 Å². The highest BCUT2D eigenvalue weighted by Gasteiger charge is 2.60. The number of rotatable bonds is 4. The van der Waals surface area contributed by atoms with E-state index in [1.807, 2.05) is 0 Å². The van der Waals surface area contributed by atoms with Crippen molar-refractivity contribution in [2.75, 3.05) is 0 Å². The molecule has 3 unspecified atom stereocenters. The van der Waals surface area contributed by atoms with Gasteiger partial charge in [0.15, 0.2) is 0 Å². The second kappa shape index (κ2) is 5.71. The number of hydrogen-bond acceptors (Lipinski definition) is 4. The van der Waals surface area contributed by atoms with E-state index in [0.29, 0.717) is 3.57 Å². The molecule has 3 N–H and O–H groups in total. The van der Waals surface area contributed by atoms with E-state index in [0.717, 1.165) is 12.1 Å². The molecule has 0 amide bonds. The fraction of sp³-hybridized carbons (Fsp3) is 0.143. The van der Waals surface area contributed by atoms with Crippen LogP contribution < -0.4 is 0 Å². The Bertz CT molecular complexity index is 483. The Labute approximate surface area is 110 Å². The molecule has 0 fully saturated rings. The lowest BCUT2D eigenvalue weighted by atomic mass is 10.2. The molecule has 0 spiro atoms. The van der Waals surface area contributed by atoms with E-state index in [1.54, 1.807) is 22.6 Å². The number of aliphatic hydroxyl groups is 1. The van der Waals surface area contributed by atoms with Gasteiger partial charge in [0.1, 0.15) is 11.4 Å². The largest absolute Gasteiger partial charge is 0.702 e. The lowest BCUT2D eigenvalue weighted by molar-refractivity contribution is -0.0765. The van der Waals surface area contributed by atoms with Gasteiger partial charge < -0.3 is 5.11 Å². The topological polar surface area (TPSA) is 104 Å². The molecular weight excluding hydrogens is 388 g/mol. The maximum atomic E-state index is 13.4. The minimum Gasteiger partial charge on any atom is -0.317 e. The molecule has 10 heteroatoms. The summed E-state index contributed by atoms with van der Waals surface area (Å²) in [6.07, 6.45) is 0. The minimum atomic E-state index is -3.49. The van der Waals surface area contributed by atoms with Crippen LogP contribution in [0.3, 0.4) is 0 Å². The van der Waals surface area contributed by atoms with Crippen molar-refractivity contribution in [1.82, 2.24) is 0 Å². The molecule has 0 bridgehead atoms. The fourth-order valence-electron chi connectivity index (χ4n) is 1.04. The predicted molar refractivity (Wildman–Crippen MR) is 63.7 cm³/mol. The third kappa shape index (κ3) is 3.45. The van der Waals surface area contributed by atoms with Crippen molar-refractivity contribution in [3.63, 3.8) is 0 Å². The molecule has 0 aliphatic rings. The van der Waals surface area contributed by atoms with Gasteiger partial charge in [0.05, 0.1) is 0 Å². The van der Waals surface area contributed by atoms with Crippen LogP contribution in [0.4, 0.5) is 4.39 Å². The third-order valence-electron chi connectivity index (χ3n) is 1.74. The van der Waals surface area contributed by atoms with Gasteiger partial charge in [-0.2, -0.15) is 4.89 Å². The molecule has 1 aromatic rings. The Morgan fingerprint density at radius 1 is 1.35 bits per heavy atom. The summed E-state index contributed by atoms with van der Waals surface area (Å²) in [5.41, 5.74) is -3.73. The van der Waals surface area contributed by atoms with Gasteiger partial charge in [0.25, 0.3) is 0 Å². The van der Waals surface area contributed by atoms with Gasteiger partial charge in [-0.3, -0.25) is 0 Å². The summed E-state index contributed by atoms with van der Waals surface area (Å²) in [4.78, 5) is 17.4. The average molecular weight is 394 g/mol. The average Bonchev–Trinajstić information content (AvgIpc) is 2.20. The van der Waals surface area contributed by atoms with Crippen molar-refractivity contribution in [2.45, 2.75) is 5.53 Å². The molecule has 0 saturated heterocycles. The van der Waals surface area contributed by atoms with E-state index >= 15 is 0 Å². The van der Waals surface area contributed by atoms with Gasteiger partial charge in [-0.15, -0.1) is 4.89 Å². The zero-order valence-corrected chi connectivity index (χ0v) is 11.9. The molecule has 0 heterocycles. The second-order valence-electron chi connectivity index (χ2n) is 2.83. The highest BCUT2D eigenvalue weighted by molar-refractivity contribution is 14.1. The first kappa shape index (κ1) is 15.0. The standard InChI is InChI=1S/C7H4FIO6P2/c8-6-2-1-4(9)3-5(6)7(10,16(11)12)15-17(13)14/h1-3,10H/p+2. The molecule has 1 aromatic carbocycles. The molecular formula is C7H6FIO6P2+2. The lowest BCUT2D eigenvalue weighted by Gasteiger charge is -2.09. The Kier molecular flexibility index (Phi) is 5.03. The van der Waals surface area contributed by atoms with E-state index in [9.17, 15) is 18.6 Å². The van der Waals surface area contributed by atoms with Gasteiger partial charge in [-0.1, -0.05) is 0 Å². The predicted octanol–water partition coefficient (Wildman–Crippen LogP) is 1.93. The Balaban J connectivity index is 3.36. The summed E-state index contributed by atoms with van der Waals surface area (Å²) in [5.74, 6) is -1.03. The van der Waals surface area contributed by atoms with Crippen LogP contribution in [-0.4, -0.2) is 14.9 Å². The summed E-state index contributed by atoms with van der Waals surface area (Å²) in [6, 6.07) is 3.33. The smallest absolute Gasteiger partial charge is 0.317 e. The van der Waals surface area contributed by atoms with Crippen molar-refractivity contribution in [3.8, 4) is 0 Å². The number of benzene rings is 1. The zero-order chi connectivity index (χ0) is 13.2. The van der Waals surface area contributed by atoms with E-state index in [-0.39, 0.29) is 0 Å². The molecule has 0 aliphatic carbocycles. The van der Waals surface area contributed by atoms with Crippen LogP contribution in [-0.2, 0) is 19.2 Å². The highest BCUT2D eigenvalue weighted by atomic mass is 127. The highest BCUT2D eigenvalue weighted by Crippen LogP contribution is 2.48. The van der Waals surface area contributed by atoms with Gasteiger partial charge in [-0.25, -0.2) is 4.39 Å². The number of hydrogen-bond donors (Lipinski definition) is 3. The molecule has 0 saturated carbocycles. The van der Waals surface area contributed by atoms with E-state index < -0.39 is 33.2 Å². The lowest BCUT2D eigenvalue weighted by Crippen LogP contribution is -2.24. The van der Waals surface area contributed by atoms with Gasteiger partial charge in [0.2, 0.25) is 0 Å². The van der Waals surface area contributed by atoms with Crippen molar-refractivity contribution < 1.29 is 32.9 Å². The SMILES string of the molecule is O=[P+](O)OC(O)(c1cc(I)ccc1F)[P+](=O)O. The Hall–Kier alpha value is -0.0800. The van der Waals surface area contributed by atoms with Gasteiger partial charge in [-0.05, 0) is 49.9 Å². The molecule has 0 radical (unpaired) electrons. The van der Waals surface area contributed by atoms with Crippen molar-refractivity contribution in [2.24, 2.45) is 0 Å². The van der Waals surface area contributed by atoms with Crippen LogP contribution in [0.25, 0.3) is 0 Å². The summed E-state index contributed by atoms with van der Waals surface area (Å²) in [5, 5.41) is 9.69. The monoisotopic (exact) mass is 394 g/mol. The Morgan fingerprint density at radius 2 is 1.94 bits per heavy atom. The van der Waals surface area contributed by atoms with Crippen LogP contribution in [0.1, 0.15) is 5.56 Å². The van der Waals surface area contributed by atoms with Crippen LogP contribution in [0.2, 0.25) is 0 Å².